The third kappa shape index (κ3) is 0.763. The lowest BCUT2D eigenvalue weighted by atomic mass is 10.1. The standard InChI is InChI=1S/C5H12N2/c1-4(6)5(7)2-3-5/h4H,2-3,6-7H2,1H3/t4-/m1/s1. The lowest BCUT2D eigenvalue weighted by Gasteiger charge is -2.11. The molecule has 0 aliphatic heterocycles. The Labute approximate surface area is 43.9 Å². The van der Waals surface area contributed by atoms with Crippen LogP contribution < -0.4 is 11.5 Å². The van der Waals surface area contributed by atoms with E-state index in [2.05, 4.69) is 0 Å². The van der Waals surface area contributed by atoms with Crippen LogP contribution in [0.5, 0.6) is 0 Å². The highest BCUT2D eigenvalue weighted by Gasteiger charge is 2.41. The Hall–Kier alpha value is -0.0800. The van der Waals surface area contributed by atoms with Crippen LogP contribution in [0.15, 0.2) is 0 Å². The minimum Gasteiger partial charge on any atom is -0.326 e. The molecule has 4 N–H and O–H groups in total. The van der Waals surface area contributed by atoms with E-state index in [4.69, 9.17) is 11.5 Å². The van der Waals surface area contributed by atoms with Gasteiger partial charge < -0.3 is 11.5 Å². The fourth-order valence-corrected chi connectivity index (χ4v) is 0.600. The predicted octanol–water partition coefficient (Wildman–Crippen LogP) is -0.175. The number of rotatable bonds is 1. The molecule has 1 rings (SSSR count). The van der Waals surface area contributed by atoms with Crippen LogP contribution in [0.3, 0.4) is 0 Å². The van der Waals surface area contributed by atoms with E-state index in [1.54, 1.807) is 0 Å². The Kier molecular flexibility index (Phi) is 0.869. The highest BCUT2D eigenvalue weighted by Crippen LogP contribution is 2.34. The molecule has 0 radical (unpaired) electrons. The van der Waals surface area contributed by atoms with Crippen molar-refractivity contribution in [3.8, 4) is 0 Å². The quantitative estimate of drug-likeness (QED) is 0.480. The molecule has 0 bridgehead atoms. The van der Waals surface area contributed by atoms with Crippen molar-refractivity contribution in [2.24, 2.45) is 11.5 Å². The van der Waals surface area contributed by atoms with Crippen molar-refractivity contribution in [2.75, 3.05) is 0 Å². The van der Waals surface area contributed by atoms with E-state index in [-0.39, 0.29) is 11.6 Å². The Morgan fingerprint density at radius 3 is 2.00 bits per heavy atom. The summed E-state index contributed by atoms with van der Waals surface area (Å²) in [7, 11) is 0. The van der Waals surface area contributed by atoms with Crippen LogP contribution in [0.2, 0.25) is 0 Å². The van der Waals surface area contributed by atoms with Gasteiger partial charge in [0.1, 0.15) is 0 Å². The molecule has 0 aromatic heterocycles. The summed E-state index contributed by atoms with van der Waals surface area (Å²) in [4.78, 5) is 0. The third-order valence-electron chi connectivity index (χ3n) is 1.73. The highest BCUT2D eigenvalue weighted by atomic mass is 14.9. The van der Waals surface area contributed by atoms with E-state index in [1.807, 2.05) is 6.92 Å². The molecule has 1 fully saturated rings. The van der Waals surface area contributed by atoms with E-state index >= 15 is 0 Å². The zero-order chi connectivity index (χ0) is 5.49. The summed E-state index contributed by atoms with van der Waals surface area (Å²) in [6.45, 7) is 1.97. The topological polar surface area (TPSA) is 52.0 Å². The molecule has 2 nitrogen and oxygen atoms in total. The molecular weight excluding hydrogens is 88.1 g/mol. The smallest absolute Gasteiger partial charge is 0.0306 e. The van der Waals surface area contributed by atoms with Gasteiger partial charge in [-0.15, -0.1) is 0 Å². The molecular formula is C5H12N2. The van der Waals surface area contributed by atoms with Crippen molar-refractivity contribution in [2.45, 2.75) is 31.3 Å². The van der Waals surface area contributed by atoms with Crippen LogP contribution in [-0.2, 0) is 0 Å². The van der Waals surface area contributed by atoms with E-state index in [9.17, 15) is 0 Å². The lowest BCUT2D eigenvalue weighted by Crippen LogP contribution is -2.41. The Morgan fingerprint density at radius 2 is 2.00 bits per heavy atom. The van der Waals surface area contributed by atoms with Gasteiger partial charge in [-0.25, -0.2) is 0 Å². The number of hydrogen-bond acceptors (Lipinski definition) is 2. The van der Waals surface area contributed by atoms with E-state index < -0.39 is 0 Å². The monoisotopic (exact) mass is 100 g/mol. The number of hydrogen-bond donors (Lipinski definition) is 2. The summed E-state index contributed by atoms with van der Waals surface area (Å²) in [6.07, 6.45) is 2.23. The molecule has 0 heterocycles. The first-order chi connectivity index (χ1) is 3.15. The van der Waals surface area contributed by atoms with Crippen molar-refractivity contribution < 1.29 is 0 Å². The van der Waals surface area contributed by atoms with Gasteiger partial charge in [0.25, 0.3) is 0 Å². The summed E-state index contributed by atoms with van der Waals surface area (Å²) in [5.74, 6) is 0. The molecule has 0 spiro atoms. The fraction of sp³-hybridized carbons (Fsp3) is 1.00. The first kappa shape index (κ1) is 5.06. The fourth-order valence-electron chi connectivity index (χ4n) is 0.600. The summed E-state index contributed by atoms with van der Waals surface area (Å²) in [6, 6.07) is 0.187. The average Bonchev–Trinajstić information content (AvgIpc) is 2.21. The zero-order valence-electron chi connectivity index (χ0n) is 4.65. The van der Waals surface area contributed by atoms with E-state index in [0.717, 1.165) is 12.8 Å². The first-order valence-corrected chi connectivity index (χ1v) is 2.70. The van der Waals surface area contributed by atoms with Gasteiger partial charge in [0, 0.05) is 11.6 Å². The molecule has 0 amide bonds. The van der Waals surface area contributed by atoms with Crippen molar-refractivity contribution in [1.82, 2.24) is 0 Å². The van der Waals surface area contributed by atoms with E-state index in [1.165, 1.54) is 0 Å². The Morgan fingerprint density at radius 1 is 1.57 bits per heavy atom. The van der Waals surface area contributed by atoms with Gasteiger partial charge in [0.15, 0.2) is 0 Å². The summed E-state index contributed by atoms with van der Waals surface area (Å²) < 4.78 is 0. The SMILES string of the molecule is C[C@@H](N)C1(N)CC1. The molecule has 0 aromatic carbocycles. The second kappa shape index (κ2) is 1.20. The van der Waals surface area contributed by atoms with Crippen molar-refractivity contribution in [3.05, 3.63) is 0 Å². The molecule has 42 valence electrons. The molecule has 1 atom stereocenters. The summed E-state index contributed by atoms with van der Waals surface area (Å²) in [5, 5.41) is 0. The molecule has 7 heavy (non-hydrogen) atoms. The summed E-state index contributed by atoms with van der Waals surface area (Å²) in [5.41, 5.74) is 11.2. The van der Waals surface area contributed by atoms with Gasteiger partial charge in [-0.2, -0.15) is 0 Å². The largest absolute Gasteiger partial charge is 0.326 e. The van der Waals surface area contributed by atoms with Gasteiger partial charge in [0.2, 0.25) is 0 Å². The molecule has 2 heteroatoms. The van der Waals surface area contributed by atoms with Crippen molar-refractivity contribution in [3.63, 3.8) is 0 Å². The van der Waals surface area contributed by atoms with Crippen LogP contribution in [0.4, 0.5) is 0 Å². The second-order valence-electron chi connectivity index (χ2n) is 2.52. The van der Waals surface area contributed by atoms with Crippen LogP contribution in [0.1, 0.15) is 19.8 Å². The molecule has 0 saturated heterocycles. The lowest BCUT2D eigenvalue weighted by molar-refractivity contribution is 0.550. The van der Waals surface area contributed by atoms with Crippen LogP contribution in [-0.4, -0.2) is 11.6 Å². The molecule has 0 aromatic rings. The van der Waals surface area contributed by atoms with Gasteiger partial charge in [-0.1, -0.05) is 0 Å². The molecule has 1 aliphatic carbocycles. The maximum Gasteiger partial charge on any atom is 0.0306 e. The molecule has 1 aliphatic rings. The first-order valence-electron chi connectivity index (χ1n) is 2.70. The normalized spacial score (nSPS) is 29.6. The highest BCUT2D eigenvalue weighted by molar-refractivity contribution is 5.04. The van der Waals surface area contributed by atoms with Gasteiger partial charge in [-0.05, 0) is 19.8 Å². The van der Waals surface area contributed by atoms with E-state index in [0.29, 0.717) is 0 Å². The minimum atomic E-state index is 0.0278. The molecule has 1 saturated carbocycles. The third-order valence-corrected chi connectivity index (χ3v) is 1.73. The molecule has 0 unspecified atom stereocenters. The predicted molar refractivity (Wildman–Crippen MR) is 29.8 cm³/mol. The van der Waals surface area contributed by atoms with Gasteiger partial charge >= 0.3 is 0 Å². The van der Waals surface area contributed by atoms with Crippen LogP contribution >= 0.6 is 0 Å². The summed E-state index contributed by atoms with van der Waals surface area (Å²) >= 11 is 0. The van der Waals surface area contributed by atoms with Gasteiger partial charge in [0.05, 0.1) is 0 Å². The number of nitrogens with two attached hydrogens (primary N) is 2. The Balaban J connectivity index is 2.39. The second-order valence-corrected chi connectivity index (χ2v) is 2.52. The average molecular weight is 100 g/mol. The van der Waals surface area contributed by atoms with Crippen LogP contribution in [0.25, 0.3) is 0 Å². The van der Waals surface area contributed by atoms with Crippen LogP contribution in [0, 0.1) is 0 Å². The van der Waals surface area contributed by atoms with Crippen molar-refractivity contribution >= 4 is 0 Å². The Bertz CT molecular complexity index is 74.1. The maximum absolute atomic E-state index is 5.66. The maximum atomic E-state index is 5.66. The zero-order valence-corrected chi connectivity index (χ0v) is 4.65. The van der Waals surface area contributed by atoms with Crippen molar-refractivity contribution in [1.29, 1.82) is 0 Å². The van der Waals surface area contributed by atoms with Gasteiger partial charge in [-0.3, -0.25) is 0 Å². The minimum absolute atomic E-state index is 0.0278.